The van der Waals surface area contributed by atoms with Gasteiger partial charge in [0.1, 0.15) is 5.82 Å². The molecule has 0 N–H and O–H groups in total. The number of hydrogen-bond donors (Lipinski definition) is 0. The molecule has 1 aliphatic heterocycles. The van der Waals surface area contributed by atoms with Crippen LogP contribution in [0.2, 0.25) is 0 Å². The highest BCUT2D eigenvalue weighted by atomic mass is 16.2. The van der Waals surface area contributed by atoms with Crippen molar-refractivity contribution < 1.29 is 4.79 Å². The van der Waals surface area contributed by atoms with Crippen molar-refractivity contribution in [1.82, 2.24) is 19.4 Å². The summed E-state index contributed by atoms with van der Waals surface area (Å²) in [7, 11) is 2.13. The van der Waals surface area contributed by atoms with Crippen molar-refractivity contribution in [2.24, 2.45) is 7.05 Å². The molecule has 3 rings (SSSR count). The number of aryl methyl sites for hydroxylation is 1. The third kappa shape index (κ3) is 3.72. The van der Waals surface area contributed by atoms with Crippen LogP contribution in [-0.4, -0.2) is 51.4 Å². The van der Waals surface area contributed by atoms with Crippen molar-refractivity contribution in [2.75, 3.05) is 26.2 Å². The molecule has 2 heterocycles. The van der Waals surface area contributed by atoms with Crippen molar-refractivity contribution in [3.05, 3.63) is 17.2 Å². The number of carbonyl (C=O) groups is 1. The van der Waals surface area contributed by atoms with E-state index < -0.39 is 0 Å². The number of fused-ring (bicyclic) bond motifs is 1. The number of likely N-dealkylation sites (tertiary alicyclic amines) is 1. The molecule has 0 radical (unpaired) electrons. The highest BCUT2D eigenvalue weighted by Gasteiger charge is 2.33. The number of nitrogens with zero attached hydrogens (tertiary/aromatic N) is 5. The van der Waals surface area contributed by atoms with E-state index in [1.54, 1.807) is 4.90 Å². The van der Waals surface area contributed by atoms with E-state index in [2.05, 4.69) is 22.6 Å². The first-order valence-electron chi connectivity index (χ1n) is 9.58. The summed E-state index contributed by atoms with van der Waals surface area (Å²) >= 11 is 0. The van der Waals surface area contributed by atoms with E-state index in [0.717, 1.165) is 38.1 Å². The van der Waals surface area contributed by atoms with Gasteiger partial charge in [-0.2, -0.15) is 5.26 Å². The Kier molecular flexibility index (Phi) is 5.74. The van der Waals surface area contributed by atoms with Crippen molar-refractivity contribution in [3.8, 4) is 6.07 Å². The zero-order valence-electron chi connectivity index (χ0n) is 15.5. The summed E-state index contributed by atoms with van der Waals surface area (Å²) in [5.41, 5.74) is 2.66. The fourth-order valence-electron chi connectivity index (χ4n) is 4.23. The second-order valence-electron chi connectivity index (χ2n) is 7.14. The standard InChI is InChI=1S/C19H29N5O/c1-3-23(13-7-11-20)18(25)14-24-12-6-10-17(24)19-21-15-8-4-5-9-16(15)22(19)2/h17H,3-10,12-14H2,1-2H3. The van der Waals surface area contributed by atoms with Crippen LogP contribution in [-0.2, 0) is 24.7 Å². The molecule has 25 heavy (non-hydrogen) atoms. The van der Waals surface area contributed by atoms with Crippen LogP contribution in [0, 0.1) is 11.3 Å². The maximum Gasteiger partial charge on any atom is 0.236 e. The summed E-state index contributed by atoms with van der Waals surface area (Å²) in [5, 5.41) is 8.77. The Hall–Kier alpha value is -1.87. The van der Waals surface area contributed by atoms with E-state index in [9.17, 15) is 4.79 Å². The molecule has 1 saturated heterocycles. The Morgan fingerprint density at radius 1 is 1.36 bits per heavy atom. The van der Waals surface area contributed by atoms with Gasteiger partial charge in [-0.3, -0.25) is 9.69 Å². The smallest absolute Gasteiger partial charge is 0.236 e. The van der Waals surface area contributed by atoms with Crippen LogP contribution < -0.4 is 0 Å². The maximum absolute atomic E-state index is 12.6. The van der Waals surface area contributed by atoms with Gasteiger partial charge in [0, 0.05) is 25.8 Å². The van der Waals surface area contributed by atoms with Crippen molar-refractivity contribution in [1.29, 1.82) is 5.26 Å². The molecule has 6 nitrogen and oxygen atoms in total. The highest BCUT2D eigenvalue weighted by Crippen LogP contribution is 2.33. The van der Waals surface area contributed by atoms with E-state index >= 15 is 0 Å². The summed E-state index contributed by atoms with van der Waals surface area (Å²) in [6, 6.07) is 2.37. The lowest BCUT2D eigenvalue weighted by molar-refractivity contribution is -0.132. The predicted octanol–water partition coefficient (Wildman–Crippen LogP) is 2.20. The molecule has 0 aromatic carbocycles. The third-order valence-electron chi connectivity index (χ3n) is 5.64. The van der Waals surface area contributed by atoms with E-state index in [4.69, 9.17) is 10.2 Å². The van der Waals surface area contributed by atoms with Gasteiger partial charge < -0.3 is 9.47 Å². The van der Waals surface area contributed by atoms with Gasteiger partial charge in [0.15, 0.2) is 0 Å². The van der Waals surface area contributed by atoms with Crippen LogP contribution in [0.5, 0.6) is 0 Å². The molecule has 1 aliphatic carbocycles. The first-order valence-corrected chi connectivity index (χ1v) is 9.58. The molecule has 0 spiro atoms. The highest BCUT2D eigenvalue weighted by molar-refractivity contribution is 5.78. The van der Waals surface area contributed by atoms with Crippen LogP contribution in [0.25, 0.3) is 0 Å². The minimum Gasteiger partial charge on any atom is -0.341 e. The van der Waals surface area contributed by atoms with Crippen molar-refractivity contribution in [3.63, 3.8) is 0 Å². The van der Waals surface area contributed by atoms with Crippen molar-refractivity contribution >= 4 is 5.91 Å². The number of nitriles is 1. The van der Waals surface area contributed by atoms with Gasteiger partial charge in [-0.1, -0.05) is 0 Å². The average Bonchev–Trinajstić information content (AvgIpc) is 3.20. The predicted molar refractivity (Wildman–Crippen MR) is 95.9 cm³/mol. The normalized spacial score (nSPS) is 20.3. The largest absolute Gasteiger partial charge is 0.341 e. The second kappa shape index (κ2) is 8.01. The van der Waals surface area contributed by atoms with Gasteiger partial charge in [0.05, 0.1) is 30.8 Å². The second-order valence-corrected chi connectivity index (χ2v) is 7.14. The molecule has 1 unspecified atom stereocenters. The first-order chi connectivity index (χ1) is 12.2. The molecule has 0 bridgehead atoms. The molecule has 0 saturated carbocycles. The SMILES string of the molecule is CCN(CCC#N)C(=O)CN1CCCC1c1nc2c(n1C)CCCC2. The fraction of sp³-hybridized carbons (Fsp3) is 0.737. The fourth-order valence-corrected chi connectivity index (χ4v) is 4.23. The molecule has 136 valence electrons. The zero-order chi connectivity index (χ0) is 17.8. The van der Waals surface area contributed by atoms with Gasteiger partial charge in [-0.15, -0.1) is 0 Å². The Labute approximate surface area is 150 Å². The van der Waals surface area contributed by atoms with Crippen molar-refractivity contribution in [2.45, 2.75) is 57.9 Å². The minimum atomic E-state index is 0.128. The molecule has 1 aromatic rings. The lowest BCUT2D eigenvalue weighted by atomic mass is 10.0. The molecule has 6 heteroatoms. The Balaban J connectivity index is 1.72. The van der Waals surface area contributed by atoms with E-state index in [0.29, 0.717) is 26.1 Å². The van der Waals surface area contributed by atoms with E-state index in [-0.39, 0.29) is 11.9 Å². The molecule has 1 aromatic heterocycles. The summed E-state index contributed by atoms with van der Waals surface area (Å²) in [6.07, 6.45) is 7.29. The number of rotatable bonds is 6. The monoisotopic (exact) mass is 343 g/mol. The van der Waals surface area contributed by atoms with E-state index in [1.807, 2.05) is 6.92 Å². The molecule has 2 aliphatic rings. The summed E-state index contributed by atoms with van der Waals surface area (Å²) in [5.74, 6) is 1.26. The van der Waals surface area contributed by atoms with Gasteiger partial charge in [0.25, 0.3) is 0 Å². The number of likely N-dealkylation sites (N-methyl/N-ethyl adjacent to an activating group) is 1. The van der Waals surface area contributed by atoms with Gasteiger partial charge in [0.2, 0.25) is 5.91 Å². The maximum atomic E-state index is 12.6. The molecular formula is C19H29N5O. The third-order valence-corrected chi connectivity index (χ3v) is 5.64. The Bertz CT molecular complexity index is 660. The molecule has 1 atom stereocenters. The average molecular weight is 343 g/mol. The van der Waals surface area contributed by atoms with Crippen LogP contribution in [0.4, 0.5) is 0 Å². The van der Waals surface area contributed by atoms with Crippen LogP contribution >= 0.6 is 0 Å². The molecular weight excluding hydrogens is 314 g/mol. The first kappa shape index (κ1) is 17.9. The van der Waals surface area contributed by atoms with Gasteiger partial charge >= 0.3 is 0 Å². The zero-order valence-corrected chi connectivity index (χ0v) is 15.5. The van der Waals surface area contributed by atoms with Gasteiger partial charge in [-0.25, -0.2) is 4.98 Å². The number of aromatic nitrogens is 2. The van der Waals surface area contributed by atoms with E-state index in [1.165, 1.54) is 24.2 Å². The number of amides is 1. The summed E-state index contributed by atoms with van der Waals surface area (Å²) in [6.45, 7) is 4.55. The Morgan fingerprint density at radius 2 is 2.16 bits per heavy atom. The molecule has 1 amide bonds. The lowest BCUT2D eigenvalue weighted by Crippen LogP contribution is -2.40. The van der Waals surface area contributed by atoms with Gasteiger partial charge in [-0.05, 0) is 52.0 Å². The van der Waals surface area contributed by atoms with Crippen LogP contribution in [0.1, 0.15) is 62.3 Å². The lowest BCUT2D eigenvalue weighted by Gasteiger charge is -2.27. The number of carbonyl (C=O) groups excluding carboxylic acids is 1. The minimum absolute atomic E-state index is 0.128. The quantitative estimate of drug-likeness (QED) is 0.794. The van der Waals surface area contributed by atoms with Crippen LogP contribution in [0.3, 0.4) is 0 Å². The summed E-state index contributed by atoms with van der Waals surface area (Å²) in [4.78, 5) is 21.7. The summed E-state index contributed by atoms with van der Waals surface area (Å²) < 4.78 is 2.29. The Morgan fingerprint density at radius 3 is 2.88 bits per heavy atom. The van der Waals surface area contributed by atoms with Crippen LogP contribution in [0.15, 0.2) is 0 Å². The topological polar surface area (TPSA) is 65.2 Å². The molecule has 1 fully saturated rings. The number of imidazole rings is 1. The number of hydrogen-bond acceptors (Lipinski definition) is 4.